The van der Waals surface area contributed by atoms with E-state index in [-0.39, 0.29) is 0 Å². The van der Waals surface area contributed by atoms with Gasteiger partial charge in [0.2, 0.25) is 0 Å². The van der Waals surface area contributed by atoms with Crippen molar-refractivity contribution in [3.8, 4) is 0 Å². The second kappa shape index (κ2) is 7.15. The largest absolute Gasteiger partial charge is 0.456 e. The highest BCUT2D eigenvalue weighted by molar-refractivity contribution is 6.39. The van der Waals surface area contributed by atoms with Gasteiger partial charge in [-0.15, -0.1) is 0 Å². The van der Waals surface area contributed by atoms with Crippen molar-refractivity contribution in [3.63, 3.8) is 0 Å². The van der Waals surface area contributed by atoms with Crippen molar-refractivity contribution in [2.24, 2.45) is 0 Å². The monoisotopic (exact) mass is 354 g/mol. The molecule has 7 heteroatoms. The number of hydroxylamine groups is 1. The molecule has 4 rings (SSSR count). The second-order valence-corrected chi connectivity index (χ2v) is 6.11. The van der Waals surface area contributed by atoms with Gasteiger partial charge in [0, 0.05) is 35.6 Å². The Morgan fingerprint density at radius 1 is 1.00 bits per heavy atom. The van der Waals surface area contributed by atoms with Gasteiger partial charge < -0.3 is 14.5 Å². The number of carbonyl (C=O) groups excluding carboxylic acids is 2. The molecule has 0 bridgehead atoms. The fourth-order valence-corrected chi connectivity index (χ4v) is 2.96. The molecular formula is C19H18N2O5. The predicted molar refractivity (Wildman–Crippen MR) is 95.2 cm³/mol. The number of carbonyl (C=O) groups is 2. The molecule has 0 spiro atoms. The average Bonchev–Trinajstić information content (AvgIpc) is 3.04. The van der Waals surface area contributed by atoms with E-state index in [1.807, 2.05) is 30.3 Å². The van der Waals surface area contributed by atoms with Gasteiger partial charge in [-0.2, -0.15) is 0 Å². The summed E-state index contributed by atoms with van der Waals surface area (Å²) in [6.45, 7) is 0.588. The summed E-state index contributed by atoms with van der Waals surface area (Å²) >= 11 is 0. The molecule has 0 unspecified atom stereocenters. The number of benzene rings is 2. The molecule has 0 aliphatic carbocycles. The van der Waals surface area contributed by atoms with Gasteiger partial charge in [0.05, 0.1) is 0 Å². The van der Waals surface area contributed by atoms with Crippen molar-refractivity contribution in [1.29, 1.82) is 0 Å². The molecule has 2 heterocycles. The lowest BCUT2D eigenvalue weighted by Gasteiger charge is -2.21. The van der Waals surface area contributed by atoms with Crippen LogP contribution in [-0.2, 0) is 19.2 Å². The van der Waals surface area contributed by atoms with Crippen LogP contribution in [0.4, 0.5) is 5.69 Å². The molecule has 2 N–H and O–H groups in total. The number of fused-ring (bicyclic) bond motifs is 3. The number of hydrogen-bond donors (Lipinski definition) is 2. The predicted octanol–water partition coefficient (Wildman–Crippen LogP) is 3.10. The molecule has 1 aromatic heterocycles. The third-order valence-electron chi connectivity index (χ3n) is 4.26. The molecule has 2 aromatic carbocycles. The van der Waals surface area contributed by atoms with E-state index in [9.17, 15) is 9.59 Å². The normalized spacial score (nSPS) is 17.3. The highest BCUT2D eigenvalue weighted by atomic mass is 16.8. The lowest BCUT2D eigenvalue weighted by Crippen LogP contribution is -2.39. The van der Waals surface area contributed by atoms with E-state index in [4.69, 9.17) is 14.0 Å². The Bertz CT molecular complexity index is 959. The Labute approximate surface area is 149 Å². The average molecular weight is 354 g/mol. The topological polar surface area (TPSA) is 89.8 Å². The Kier molecular flexibility index (Phi) is 4.55. The summed E-state index contributed by atoms with van der Waals surface area (Å²) in [7, 11) is 0. The van der Waals surface area contributed by atoms with Gasteiger partial charge in [0.15, 0.2) is 6.29 Å². The molecule has 0 saturated carbocycles. The van der Waals surface area contributed by atoms with Gasteiger partial charge in [-0.05, 0) is 31.0 Å². The van der Waals surface area contributed by atoms with Crippen LogP contribution < -0.4 is 10.8 Å². The van der Waals surface area contributed by atoms with Gasteiger partial charge in [0.1, 0.15) is 11.2 Å². The van der Waals surface area contributed by atoms with Crippen LogP contribution in [0.2, 0.25) is 0 Å². The molecule has 1 aliphatic rings. The smallest absolute Gasteiger partial charge is 0.333 e. The maximum atomic E-state index is 12.0. The highest BCUT2D eigenvalue weighted by Gasteiger charge is 2.19. The summed E-state index contributed by atoms with van der Waals surface area (Å²) in [6.07, 6.45) is 2.11. The third-order valence-corrected chi connectivity index (χ3v) is 4.26. The van der Waals surface area contributed by atoms with Crippen molar-refractivity contribution >= 4 is 39.4 Å². The first-order valence-corrected chi connectivity index (χ1v) is 8.50. The van der Waals surface area contributed by atoms with Crippen molar-refractivity contribution in [3.05, 3.63) is 42.5 Å². The lowest BCUT2D eigenvalue weighted by molar-refractivity contribution is -0.200. The standard InChI is InChI=1S/C19H18N2O5/c22-18(19(23)21-26-17-7-3-4-10-24-17)20-12-8-9-14-13-5-1-2-6-15(13)25-16(14)11-12/h1-2,5-6,8-9,11,17H,3-4,7,10H2,(H,20,22)(H,21,23)/t17-/m0/s1. The number of ether oxygens (including phenoxy) is 1. The van der Waals surface area contributed by atoms with E-state index in [0.717, 1.165) is 29.2 Å². The number of rotatable bonds is 3. The Morgan fingerprint density at radius 2 is 1.85 bits per heavy atom. The number of nitrogens with one attached hydrogen (secondary N) is 2. The quantitative estimate of drug-likeness (QED) is 0.557. The summed E-state index contributed by atoms with van der Waals surface area (Å²) in [6, 6.07) is 12.9. The fourth-order valence-electron chi connectivity index (χ4n) is 2.96. The first-order valence-electron chi connectivity index (χ1n) is 8.50. The van der Waals surface area contributed by atoms with E-state index in [2.05, 4.69) is 10.8 Å². The molecule has 1 aliphatic heterocycles. The van der Waals surface area contributed by atoms with E-state index >= 15 is 0 Å². The zero-order chi connectivity index (χ0) is 17.9. The van der Waals surface area contributed by atoms with E-state index < -0.39 is 18.1 Å². The maximum absolute atomic E-state index is 12.0. The van der Waals surface area contributed by atoms with Gasteiger partial charge in [0.25, 0.3) is 0 Å². The molecular weight excluding hydrogens is 336 g/mol. The Balaban J connectivity index is 1.41. The van der Waals surface area contributed by atoms with Crippen LogP contribution >= 0.6 is 0 Å². The zero-order valence-corrected chi connectivity index (χ0v) is 14.0. The molecule has 7 nitrogen and oxygen atoms in total. The zero-order valence-electron chi connectivity index (χ0n) is 14.0. The molecule has 1 saturated heterocycles. The molecule has 134 valence electrons. The molecule has 0 radical (unpaired) electrons. The summed E-state index contributed by atoms with van der Waals surface area (Å²) in [5.74, 6) is -1.71. The first-order chi connectivity index (χ1) is 12.7. The first kappa shape index (κ1) is 16.6. The molecule has 26 heavy (non-hydrogen) atoms. The van der Waals surface area contributed by atoms with Crippen LogP contribution in [0.25, 0.3) is 21.9 Å². The van der Waals surface area contributed by atoms with Gasteiger partial charge in [-0.3, -0.25) is 9.59 Å². The highest BCUT2D eigenvalue weighted by Crippen LogP contribution is 2.30. The Hall–Kier alpha value is -2.90. The minimum atomic E-state index is -0.885. The van der Waals surface area contributed by atoms with Crippen LogP contribution in [-0.4, -0.2) is 24.7 Å². The van der Waals surface area contributed by atoms with Crippen molar-refractivity contribution in [1.82, 2.24) is 5.48 Å². The van der Waals surface area contributed by atoms with Gasteiger partial charge in [-0.1, -0.05) is 18.2 Å². The van der Waals surface area contributed by atoms with Crippen LogP contribution in [0, 0.1) is 0 Å². The van der Waals surface area contributed by atoms with Gasteiger partial charge >= 0.3 is 11.8 Å². The number of anilines is 1. The molecule has 1 fully saturated rings. The van der Waals surface area contributed by atoms with Gasteiger partial charge in [-0.25, -0.2) is 10.3 Å². The second-order valence-electron chi connectivity index (χ2n) is 6.11. The number of furan rings is 1. The molecule has 2 amide bonds. The summed E-state index contributed by atoms with van der Waals surface area (Å²) < 4.78 is 11.1. The summed E-state index contributed by atoms with van der Waals surface area (Å²) in [4.78, 5) is 29.0. The van der Waals surface area contributed by atoms with E-state index in [1.165, 1.54) is 0 Å². The molecule has 1 atom stereocenters. The fraction of sp³-hybridized carbons (Fsp3) is 0.263. The van der Waals surface area contributed by atoms with Crippen LogP contribution in [0.15, 0.2) is 46.9 Å². The maximum Gasteiger partial charge on any atom is 0.333 e. The molecule has 3 aromatic rings. The number of amides is 2. The lowest BCUT2D eigenvalue weighted by atomic mass is 10.1. The Morgan fingerprint density at radius 3 is 2.69 bits per heavy atom. The van der Waals surface area contributed by atoms with Crippen LogP contribution in [0.1, 0.15) is 19.3 Å². The minimum Gasteiger partial charge on any atom is -0.456 e. The van der Waals surface area contributed by atoms with Crippen molar-refractivity contribution < 1.29 is 23.6 Å². The van der Waals surface area contributed by atoms with E-state index in [0.29, 0.717) is 24.3 Å². The number of para-hydroxylation sites is 1. The summed E-state index contributed by atoms with van der Waals surface area (Å²) in [5, 5.41) is 4.48. The van der Waals surface area contributed by atoms with Crippen LogP contribution in [0.5, 0.6) is 0 Å². The van der Waals surface area contributed by atoms with Crippen molar-refractivity contribution in [2.75, 3.05) is 11.9 Å². The SMILES string of the molecule is O=C(NO[C@H]1CCCCO1)C(=O)Nc1ccc2c(c1)oc1ccccc12. The van der Waals surface area contributed by atoms with Crippen LogP contribution in [0.3, 0.4) is 0 Å². The number of hydrogen-bond acceptors (Lipinski definition) is 5. The minimum absolute atomic E-state index is 0.464. The van der Waals surface area contributed by atoms with Crippen molar-refractivity contribution in [2.45, 2.75) is 25.6 Å². The third kappa shape index (κ3) is 3.40. The summed E-state index contributed by atoms with van der Waals surface area (Å²) in [5.41, 5.74) is 4.00. The van der Waals surface area contributed by atoms with E-state index in [1.54, 1.807) is 12.1 Å².